The summed E-state index contributed by atoms with van der Waals surface area (Å²) in [6, 6.07) is 5.90. The van der Waals surface area contributed by atoms with Crippen molar-refractivity contribution in [3.8, 4) is 0 Å². The van der Waals surface area contributed by atoms with Crippen LogP contribution in [-0.4, -0.2) is 30.6 Å². The number of piperazine rings is 1. The van der Waals surface area contributed by atoms with Gasteiger partial charge in [0.05, 0.1) is 0 Å². The fourth-order valence-corrected chi connectivity index (χ4v) is 3.96. The molecular formula is C14H22N2S. The predicted octanol–water partition coefficient (Wildman–Crippen LogP) is 2.88. The molecule has 0 aromatic carbocycles. The summed E-state index contributed by atoms with van der Waals surface area (Å²) < 4.78 is 0. The van der Waals surface area contributed by atoms with Crippen LogP contribution in [0.5, 0.6) is 0 Å². The lowest BCUT2D eigenvalue weighted by atomic mass is 10.1. The average molecular weight is 250 g/mol. The van der Waals surface area contributed by atoms with E-state index in [1.807, 2.05) is 11.3 Å². The molecule has 2 unspecified atom stereocenters. The van der Waals surface area contributed by atoms with Gasteiger partial charge in [0, 0.05) is 36.6 Å². The van der Waals surface area contributed by atoms with Gasteiger partial charge in [-0.3, -0.25) is 4.90 Å². The highest BCUT2D eigenvalue weighted by Gasteiger charge is 2.35. The van der Waals surface area contributed by atoms with Gasteiger partial charge in [-0.05, 0) is 36.6 Å². The number of hydrogen-bond donors (Lipinski definition) is 1. The van der Waals surface area contributed by atoms with Crippen LogP contribution in [0, 0.1) is 5.92 Å². The summed E-state index contributed by atoms with van der Waals surface area (Å²) in [5.41, 5.74) is 0. The lowest BCUT2D eigenvalue weighted by Gasteiger charge is -2.38. The first-order valence-electron chi connectivity index (χ1n) is 6.89. The molecule has 1 N–H and O–H groups in total. The summed E-state index contributed by atoms with van der Waals surface area (Å²) in [5.74, 6) is 0.971. The van der Waals surface area contributed by atoms with E-state index in [4.69, 9.17) is 0 Å². The number of rotatable bonds is 4. The second kappa shape index (κ2) is 5.09. The molecule has 2 heterocycles. The Morgan fingerprint density at radius 1 is 1.53 bits per heavy atom. The molecule has 1 aliphatic heterocycles. The molecular weight excluding hydrogens is 228 g/mol. The Hall–Kier alpha value is -0.380. The molecule has 1 aromatic heterocycles. The lowest BCUT2D eigenvalue weighted by Crippen LogP contribution is -2.52. The molecule has 17 heavy (non-hydrogen) atoms. The van der Waals surface area contributed by atoms with Crippen LogP contribution in [0.15, 0.2) is 17.5 Å². The third-order valence-corrected chi connectivity index (χ3v) is 5.10. The third kappa shape index (κ3) is 2.56. The molecule has 0 bridgehead atoms. The summed E-state index contributed by atoms with van der Waals surface area (Å²) in [5, 5.41) is 5.90. The molecule has 2 atom stereocenters. The van der Waals surface area contributed by atoms with E-state index in [0.717, 1.165) is 12.0 Å². The molecule has 1 saturated carbocycles. The quantitative estimate of drug-likeness (QED) is 0.884. The normalized spacial score (nSPS) is 28.2. The first-order valence-corrected chi connectivity index (χ1v) is 7.77. The predicted molar refractivity (Wildman–Crippen MR) is 73.4 cm³/mol. The fourth-order valence-electron chi connectivity index (χ4n) is 3.02. The Labute approximate surface area is 108 Å². The second-order valence-corrected chi connectivity index (χ2v) is 6.31. The maximum atomic E-state index is 3.70. The van der Waals surface area contributed by atoms with E-state index in [1.165, 1.54) is 38.9 Å². The van der Waals surface area contributed by atoms with Crippen molar-refractivity contribution in [2.75, 3.05) is 19.6 Å². The minimum Gasteiger partial charge on any atom is -0.311 e. The van der Waals surface area contributed by atoms with Crippen LogP contribution in [0.3, 0.4) is 0 Å². The molecule has 2 fully saturated rings. The molecule has 1 aromatic rings. The van der Waals surface area contributed by atoms with Crippen molar-refractivity contribution in [1.82, 2.24) is 10.2 Å². The van der Waals surface area contributed by atoms with Crippen molar-refractivity contribution >= 4 is 11.3 Å². The van der Waals surface area contributed by atoms with E-state index in [2.05, 4.69) is 34.7 Å². The number of thiophene rings is 1. The van der Waals surface area contributed by atoms with Gasteiger partial charge in [-0.2, -0.15) is 0 Å². The average Bonchev–Trinajstić information content (AvgIpc) is 3.09. The topological polar surface area (TPSA) is 15.3 Å². The zero-order chi connectivity index (χ0) is 11.7. The van der Waals surface area contributed by atoms with Gasteiger partial charge < -0.3 is 5.32 Å². The Morgan fingerprint density at radius 2 is 2.41 bits per heavy atom. The Kier molecular flexibility index (Phi) is 3.50. The fraction of sp³-hybridized carbons (Fsp3) is 0.714. The minimum absolute atomic E-state index is 0.651. The Morgan fingerprint density at radius 3 is 3.06 bits per heavy atom. The van der Waals surface area contributed by atoms with E-state index >= 15 is 0 Å². The maximum Gasteiger partial charge on any atom is 0.0440 e. The van der Waals surface area contributed by atoms with Crippen molar-refractivity contribution < 1.29 is 0 Å². The summed E-state index contributed by atoms with van der Waals surface area (Å²) in [7, 11) is 0. The van der Waals surface area contributed by atoms with Crippen LogP contribution < -0.4 is 5.32 Å². The van der Waals surface area contributed by atoms with Gasteiger partial charge in [0.15, 0.2) is 0 Å². The smallest absolute Gasteiger partial charge is 0.0440 e. The van der Waals surface area contributed by atoms with Crippen LogP contribution in [0.2, 0.25) is 0 Å². The molecule has 2 aliphatic rings. The van der Waals surface area contributed by atoms with Gasteiger partial charge in [0.1, 0.15) is 0 Å². The summed E-state index contributed by atoms with van der Waals surface area (Å²) in [6.45, 7) is 5.95. The summed E-state index contributed by atoms with van der Waals surface area (Å²) in [6.07, 6.45) is 4.13. The molecule has 3 rings (SSSR count). The highest BCUT2D eigenvalue weighted by Crippen LogP contribution is 2.36. The number of hydrogen-bond acceptors (Lipinski definition) is 3. The van der Waals surface area contributed by atoms with Crippen LogP contribution >= 0.6 is 11.3 Å². The zero-order valence-electron chi connectivity index (χ0n) is 10.6. The van der Waals surface area contributed by atoms with Crippen molar-refractivity contribution in [3.05, 3.63) is 22.4 Å². The standard InChI is InChI=1S/C14H22N2S/c1-2-13(14-4-3-9-17-14)16-8-7-15-12(10-16)11-5-6-11/h3-4,9,11-13,15H,2,5-8,10H2,1H3. The molecule has 0 amide bonds. The van der Waals surface area contributed by atoms with Crippen LogP contribution in [0.1, 0.15) is 37.1 Å². The van der Waals surface area contributed by atoms with E-state index < -0.39 is 0 Å². The van der Waals surface area contributed by atoms with Crippen molar-refractivity contribution in [2.45, 2.75) is 38.3 Å². The highest BCUT2D eigenvalue weighted by molar-refractivity contribution is 7.10. The van der Waals surface area contributed by atoms with E-state index in [1.54, 1.807) is 4.88 Å². The Bertz CT molecular complexity index is 345. The zero-order valence-corrected chi connectivity index (χ0v) is 11.4. The van der Waals surface area contributed by atoms with E-state index in [-0.39, 0.29) is 0 Å². The molecule has 94 valence electrons. The molecule has 3 heteroatoms. The van der Waals surface area contributed by atoms with Crippen molar-refractivity contribution in [2.24, 2.45) is 5.92 Å². The van der Waals surface area contributed by atoms with Gasteiger partial charge >= 0.3 is 0 Å². The summed E-state index contributed by atoms with van der Waals surface area (Å²) >= 11 is 1.91. The van der Waals surface area contributed by atoms with Gasteiger partial charge in [0.25, 0.3) is 0 Å². The van der Waals surface area contributed by atoms with Gasteiger partial charge in [-0.25, -0.2) is 0 Å². The SMILES string of the molecule is CCC(c1cccs1)N1CCNC(C2CC2)C1. The molecule has 1 saturated heterocycles. The van der Waals surface area contributed by atoms with Crippen LogP contribution in [-0.2, 0) is 0 Å². The second-order valence-electron chi connectivity index (χ2n) is 5.33. The Balaban J connectivity index is 1.68. The minimum atomic E-state index is 0.651. The highest BCUT2D eigenvalue weighted by atomic mass is 32.1. The largest absolute Gasteiger partial charge is 0.311 e. The molecule has 0 spiro atoms. The lowest BCUT2D eigenvalue weighted by molar-refractivity contribution is 0.134. The van der Waals surface area contributed by atoms with Gasteiger partial charge in [-0.1, -0.05) is 13.0 Å². The summed E-state index contributed by atoms with van der Waals surface area (Å²) in [4.78, 5) is 4.25. The van der Waals surface area contributed by atoms with Gasteiger partial charge in [0.2, 0.25) is 0 Å². The number of nitrogens with zero attached hydrogens (tertiary/aromatic N) is 1. The number of nitrogens with one attached hydrogen (secondary N) is 1. The van der Waals surface area contributed by atoms with Gasteiger partial charge in [-0.15, -0.1) is 11.3 Å². The first kappa shape index (κ1) is 11.7. The first-order chi connectivity index (χ1) is 8.38. The van der Waals surface area contributed by atoms with E-state index in [0.29, 0.717) is 6.04 Å². The van der Waals surface area contributed by atoms with E-state index in [9.17, 15) is 0 Å². The third-order valence-electron chi connectivity index (χ3n) is 4.13. The van der Waals surface area contributed by atoms with Crippen molar-refractivity contribution in [1.29, 1.82) is 0 Å². The van der Waals surface area contributed by atoms with Crippen molar-refractivity contribution in [3.63, 3.8) is 0 Å². The van der Waals surface area contributed by atoms with Crippen LogP contribution in [0.4, 0.5) is 0 Å². The molecule has 2 nitrogen and oxygen atoms in total. The maximum absolute atomic E-state index is 3.70. The monoisotopic (exact) mass is 250 g/mol. The molecule has 0 radical (unpaired) electrons. The van der Waals surface area contributed by atoms with Crippen LogP contribution in [0.25, 0.3) is 0 Å². The molecule has 1 aliphatic carbocycles.